The van der Waals surface area contributed by atoms with Gasteiger partial charge in [-0.05, 0) is 26.7 Å². The minimum absolute atomic E-state index is 0.468. The van der Waals surface area contributed by atoms with Gasteiger partial charge in [0.05, 0.1) is 12.7 Å². The van der Waals surface area contributed by atoms with Gasteiger partial charge < -0.3 is 10.0 Å². The molecule has 0 radical (unpaired) electrons. The van der Waals surface area contributed by atoms with E-state index in [1.807, 2.05) is 19.9 Å². The number of aromatic amines is 1. The first-order valence-corrected chi connectivity index (χ1v) is 6.73. The maximum atomic E-state index is 10.8. The zero-order valence-electron chi connectivity index (χ0n) is 11.7. The highest BCUT2D eigenvalue weighted by Crippen LogP contribution is 2.31. The summed E-state index contributed by atoms with van der Waals surface area (Å²) in [6.45, 7) is 5.17. The minimum atomic E-state index is -0.974. The lowest BCUT2D eigenvalue weighted by molar-refractivity contribution is 0.0174. The minimum Gasteiger partial charge on any atom is -0.382 e. The Kier molecular flexibility index (Phi) is 3.13. The van der Waals surface area contributed by atoms with Crippen molar-refractivity contribution < 1.29 is 5.11 Å². The van der Waals surface area contributed by atoms with Gasteiger partial charge in [-0.25, -0.2) is 9.97 Å². The lowest BCUT2D eigenvalue weighted by atomic mass is 9.90. The molecule has 0 spiro atoms. The molecule has 1 saturated heterocycles. The van der Waals surface area contributed by atoms with Crippen molar-refractivity contribution in [1.82, 2.24) is 25.4 Å². The molecule has 106 valence electrons. The molecule has 0 aliphatic carbocycles. The summed E-state index contributed by atoms with van der Waals surface area (Å²) in [5.74, 6) is 1.60. The van der Waals surface area contributed by atoms with E-state index < -0.39 is 5.60 Å². The standard InChI is InChI=1S/C13H18N6O/c1-9-6-12(16-10(2)15-9)19-5-3-4-13(20,8-19)11-7-14-18-17-11/h6-7,20H,3-5,8H2,1-2H3,(H,14,17,18). The predicted molar refractivity (Wildman–Crippen MR) is 73.2 cm³/mol. The van der Waals surface area contributed by atoms with Crippen molar-refractivity contribution in [3.63, 3.8) is 0 Å². The lowest BCUT2D eigenvalue weighted by Gasteiger charge is -2.38. The molecule has 1 unspecified atom stereocenters. The Hall–Kier alpha value is -2.02. The molecule has 1 aliphatic rings. The third-order valence-electron chi connectivity index (χ3n) is 3.64. The molecule has 0 saturated carbocycles. The molecule has 2 N–H and O–H groups in total. The molecule has 0 amide bonds. The molecule has 20 heavy (non-hydrogen) atoms. The van der Waals surface area contributed by atoms with E-state index >= 15 is 0 Å². The fourth-order valence-electron chi connectivity index (χ4n) is 2.73. The van der Waals surface area contributed by atoms with Crippen LogP contribution in [0, 0.1) is 13.8 Å². The second-order valence-corrected chi connectivity index (χ2v) is 5.33. The number of hydrogen-bond donors (Lipinski definition) is 2. The van der Waals surface area contributed by atoms with Crippen LogP contribution in [0.3, 0.4) is 0 Å². The van der Waals surface area contributed by atoms with Crippen molar-refractivity contribution in [2.45, 2.75) is 32.3 Å². The van der Waals surface area contributed by atoms with Crippen LogP contribution in [-0.4, -0.2) is 43.6 Å². The Balaban J connectivity index is 1.88. The summed E-state index contributed by atoms with van der Waals surface area (Å²) >= 11 is 0. The van der Waals surface area contributed by atoms with Crippen molar-refractivity contribution in [3.05, 3.63) is 29.5 Å². The summed E-state index contributed by atoms with van der Waals surface area (Å²) in [4.78, 5) is 10.8. The number of piperidine rings is 1. The molecule has 1 fully saturated rings. The van der Waals surface area contributed by atoms with Crippen LogP contribution in [0.2, 0.25) is 0 Å². The van der Waals surface area contributed by atoms with Crippen LogP contribution in [0.15, 0.2) is 12.3 Å². The van der Waals surface area contributed by atoms with Crippen LogP contribution in [0.25, 0.3) is 0 Å². The normalized spacial score (nSPS) is 23.1. The van der Waals surface area contributed by atoms with E-state index in [9.17, 15) is 5.11 Å². The number of rotatable bonds is 2. The van der Waals surface area contributed by atoms with Gasteiger partial charge in [-0.15, -0.1) is 0 Å². The number of H-pyrrole nitrogens is 1. The number of nitrogens with zero attached hydrogens (tertiary/aromatic N) is 5. The first kappa shape index (κ1) is 13.0. The third-order valence-corrected chi connectivity index (χ3v) is 3.64. The summed E-state index contributed by atoms with van der Waals surface area (Å²) in [5, 5.41) is 21.2. The van der Waals surface area contributed by atoms with Crippen LogP contribution >= 0.6 is 0 Å². The highest BCUT2D eigenvalue weighted by molar-refractivity contribution is 5.41. The number of nitrogens with one attached hydrogen (secondary N) is 1. The highest BCUT2D eigenvalue weighted by Gasteiger charge is 2.37. The summed E-state index contributed by atoms with van der Waals surface area (Å²) in [6, 6.07) is 1.95. The van der Waals surface area contributed by atoms with Gasteiger partial charge in [0.2, 0.25) is 0 Å². The average Bonchev–Trinajstić information content (AvgIpc) is 2.92. The second kappa shape index (κ2) is 4.82. The van der Waals surface area contributed by atoms with Crippen molar-refractivity contribution in [2.75, 3.05) is 18.0 Å². The van der Waals surface area contributed by atoms with Crippen LogP contribution < -0.4 is 4.90 Å². The molecule has 1 atom stereocenters. The van der Waals surface area contributed by atoms with E-state index in [-0.39, 0.29) is 0 Å². The Morgan fingerprint density at radius 2 is 2.20 bits per heavy atom. The molecule has 3 rings (SSSR count). The molecule has 1 aliphatic heterocycles. The van der Waals surface area contributed by atoms with Crippen LogP contribution in [0.4, 0.5) is 5.82 Å². The van der Waals surface area contributed by atoms with Gasteiger partial charge in [0.25, 0.3) is 0 Å². The van der Waals surface area contributed by atoms with Crippen LogP contribution in [-0.2, 0) is 5.60 Å². The maximum absolute atomic E-state index is 10.8. The average molecular weight is 274 g/mol. The van der Waals surface area contributed by atoms with E-state index in [2.05, 4.69) is 30.3 Å². The zero-order chi connectivity index (χ0) is 14.2. The number of aryl methyl sites for hydroxylation is 2. The molecule has 3 heterocycles. The third kappa shape index (κ3) is 2.36. The van der Waals surface area contributed by atoms with Crippen LogP contribution in [0.1, 0.15) is 30.1 Å². The SMILES string of the molecule is Cc1cc(N2CCCC(O)(c3cn[nH]n3)C2)nc(C)n1. The van der Waals surface area contributed by atoms with Crippen LogP contribution in [0.5, 0.6) is 0 Å². The molecule has 7 heteroatoms. The molecule has 2 aromatic heterocycles. The predicted octanol–water partition coefficient (Wildman–Crippen LogP) is 0.700. The first-order valence-electron chi connectivity index (χ1n) is 6.73. The quantitative estimate of drug-likeness (QED) is 0.837. The Bertz CT molecular complexity index is 579. The van der Waals surface area contributed by atoms with Gasteiger partial charge in [-0.1, -0.05) is 0 Å². The first-order chi connectivity index (χ1) is 9.57. The largest absolute Gasteiger partial charge is 0.382 e. The zero-order valence-corrected chi connectivity index (χ0v) is 11.7. The molecule has 0 aromatic carbocycles. The Labute approximate surface area is 117 Å². The summed E-state index contributed by atoms with van der Waals surface area (Å²) in [5.41, 5.74) is 0.547. The second-order valence-electron chi connectivity index (χ2n) is 5.33. The summed E-state index contributed by atoms with van der Waals surface area (Å²) in [7, 11) is 0. The molecule has 0 bridgehead atoms. The van der Waals surface area contributed by atoms with Gasteiger partial charge in [0.15, 0.2) is 0 Å². The van der Waals surface area contributed by atoms with Gasteiger partial charge >= 0.3 is 0 Å². The smallest absolute Gasteiger partial charge is 0.132 e. The van der Waals surface area contributed by atoms with E-state index in [1.54, 1.807) is 6.20 Å². The Morgan fingerprint density at radius 1 is 1.35 bits per heavy atom. The monoisotopic (exact) mass is 274 g/mol. The highest BCUT2D eigenvalue weighted by atomic mass is 16.3. The fourth-order valence-corrected chi connectivity index (χ4v) is 2.73. The number of anilines is 1. The lowest BCUT2D eigenvalue weighted by Crippen LogP contribution is -2.46. The van der Waals surface area contributed by atoms with E-state index in [0.29, 0.717) is 18.7 Å². The summed E-state index contributed by atoms with van der Waals surface area (Å²) < 4.78 is 0. The van der Waals surface area contributed by atoms with Gasteiger partial charge in [0, 0.05) is 18.3 Å². The van der Waals surface area contributed by atoms with E-state index in [1.165, 1.54) is 0 Å². The van der Waals surface area contributed by atoms with Crippen molar-refractivity contribution in [3.8, 4) is 0 Å². The number of hydrogen-bond acceptors (Lipinski definition) is 6. The van der Waals surface area contributed by atoms with E-state index in [0.717, 1.165) is 30.3 Å². The van der Waals surface area contributed by atoms with Gasteiger partial charge in [0.1, 0.15) is 22.9 Å². The molecule has 7 nitrogen and oxygen atoms in total. The van der Waals surface area contributed by atoms with Crippen molar-refractivity contribution >= 4 is 5.82 Å². The van der Waals surface area contributed by atoms with Gasteiger partial charge in [-0.3, -0.25) is 0 Å². The van der Waals surface area contributed by atoms with Gasteiger partial charge in [-0.2, -0.15) is 15.4 Å². The topological polar surface area (TPSA) is 90.8 Å². The number of aromatic nitrogens is 5. The number of aliphatic hydroxyl groups is 1. The maximum Gasteiger partial charge on any atom is 0.132 e. The molecular formula is C13H18N6O. The molecule has 2 aromatic rings. The van der Waals surface area contributed by atoms with E-state index in [4.69, 9.17) is 0 Å². The number of β-amino-alcohol motifs (C(OH)–C–C–N with tert-alkyl or cyclic N) is 1. The Morgan fingerprint density at radius 3 is 2.90 bits per heavy atom. The summed E-state index contributed by atoms with van der Waals surface area (Å²) in [6.07, 6.45) is 3.14. The van der Waals surface area contributed by atoms with Crippen molar-refractivity contribution in [2.24, 2.45) is 0 Å². The fraction of sp³-hybridized carbons (Fsp3) is 0.538. The van der Waals surface area contributed by atoms with Crippen molar-refractivity contribution in [1.29, 1.82) is 0 Å². The molecular weight excluding hydrogens is 256 g/mol.